The minimum Gasteiger partial charge on any atom is -0.296 e. The molecule has 2 saturated heterocycles. The van der Waals surface area contributed by atoms with E-state index in [1.165, 1.54) is 23.5 Å². The van der Waals surface area contributed by atoms with Gasteiger partial charge >= 0.3 is 0 Å². The summed E-state index contributed by atoms with van der Waals surface area (Å²) in [6.45, 7) is 3.83. The van der Waals surface area contributed by atoms with E-state index in [1.807, 2.05) is 74.5 Å². The Bertz CT molecular complexity index is 801. The van der Waals surface area contributed by atoms with Gasteiger partial charge in [-0.1, -0.05) is 86.3 Å². The summed E-state index contributed by atoms with van der Waals surface area (Å²) in [5, 5.41) is 0.0853. The summed E-state index contributed by atoms with van der Waals surface area (Å²) in [6.07, 6.45) is 0. The van der Waals surface area contributed by atoms with Crippen LogP contribution in [0.5, 0.6) is 0 Å². The Labute approximate surface area is 144 Å². The lowest BCUT2D eigenvalue weighted by molar-refractivity contribution is -0.132. The number of Topliss-reactive ketones (excluding diaryl/α,β-unsaturated/α-hetero) is 1. The monoisotopic (exact) mass is 340 g/mol. The van der Waals surface area contributed by atoms with E-state index in [1.54, 1.807) is 0 Å². The van der Waals surface area contributed by atoms with E-state index < -0.39 is 14.2 Å². The molecular weight excluding hydrogens is 324 g/mol. The number of thioether (sulfide) groups is 2. The number of hydrogen-bond acceptors (Lipinski definition) is 4. The molecule has 0 spiro atoms. The van der Waals surface area contributed by atoms with Crippen LogP contribution in [0.2, 0.25) is 0 Å². The van der Waals surface area contributed by atoms with Gasteiger partial charge in [0.25, 0.3) is 0 Å². The Morgan fingerprint density at radius 3 is 1.87 bits per heavy atom. The molecule has 2 heterocycles. The molecule has 2 bridgehead atoms. The number of carbonyl (C=O) groups excluding carboxylic acids is 2. The van der Waals surface area contributed by atoms with Crippen LogP contribution in [0.4, 0.5) is 0 Å². The van der Waals surface area contributed by atoms with E-state index in [-0.39, 0.29) is 10.9 Å². The van der Waals surface area contributed by atoms with Gasteiger partial charge in [0.05, 0.1) is 5.41 Å². The van der Waals surface area contributed by atoms with Crippen molar-refractivity contribution in [1.82, 2.24) is 0 Å². The fraction of sp³-hybridized carbons (Fsp3) is 0.263. The minimum absolute atomic E-state index is 0.0853. The Morgan fingerprint density at radius 2 is 1.30 bits per heavy atom. The van der Waals surface area contributed by atoms with Crippen molar-refractivity contribution in [2.45, 2.75) is 22.7 Å². The molecule has 2 aliphatic rings. The highest BCUT2D eigenvalue weighted by Crippen LogP contribution is 2.77. The van der Waals surface area contributed by atoms with Gasteiger partial charge in [-0.3, -0.25) is 9.59 Å². The normalized spacial score (nSPS) is 31.6. The van der Waals surface area contributed by atoms with Crippen molar-refractivity contribution >= 4 is 34.4 Å². The second-order valence-electron chi connectivity index (χ2n) is 6.48. The Hall–Kier alpha value is -1.52. The van der Waals surface area contributed by atoms with Gasteiger partial charge in [-0.2, -0.15) is 0 Å². The third-order valence-corrected chi connectivity index (χ3v) is 8.68. The van der Waals surface area contributed by atoms with Crippen molar-refractivity contribution in [3.63, 3.8) is 0 Å². The topological polar surface area (TPSA) is 34.1 Å². The highest BCUT2D eigenvalue weighted by molar-refractivity contribution is 8.32. The van der Waals surface area contributed by atoms with Gasteiger partial charge in [0.2, 0.25) is 5.12 Å². The van der Waals surface area contributed by atoms with Crippen molar-refractivity contribution < 1.29 is 9.59 Å². The Kier molecular flexibility index (Phi) is 3.10. The van der Waals surface area contributed by atoms with Crippen LogP contribution in [0, 0.1) is 5.41 Å². The van der Waals surface area contributed by atoms with Crippen molar-refractivity contribution in [1.29, 1.82) is 0 Å². The van der Waals surface area contributed by atoms with Crippen molar-refractivity contribution in [2.24, 2.45) is 5.41 Å². The zero-order chi connectivity index (χ0) is 16.3. The summed E-state index contributed by atoms with van der Waals surface area (Å²) < 4.78 is -1.64. The number of hydrogen-bond donors (Lipinski definition) is 0. The predicted molar refractivity (Wildman–Crippen MR) is 95.2 cm³/mol. The largest absolute Gasteiger partial charge is 0.296 e. The third-order valence-electron chi connectivity index (χ3n) is 4.90. The zero-order valence-electron chi connectivity index (χ0n) is 12.9. The maximum Gasteiger partial charge on any atom is 0.212 e. The Balaban J connectivity index is 1.97. The fourth-order valence-electron chi connectivity index (χ4n) is 3.64. The lowest BCUT2D eigenvalue weighted by Gasteiger charge is -2.38. The predicted octanol–water partition coefficient (Wildman–Crippen LogP) is 4.35. The number of rotatable bonds is 2. The molecule has 2 atom stereocenters. The molecule has 0 aliphatic carbocycles. The average Bonchev–Trinajstić information content (AvgIpc) is 2.99. The molecular formula is C19H16O2S2. The summed E-state index contributed by atoms with van der Waals surface area (Å²) in [5.41, 5.74) is 1.10. The SMILES string of the molecule is CC1(C)C(=O)C2(c3ccccc3)SC(=O)C1(c1ccccc1)S2. The van der Waals surface area contributed by atoms with Crippen LogP contribution in [0.3, 0.4) is 0 Å². The van der Waals surface area contributed by atoms with Crippen molar-refractivity contribution in [2.75, 3.05) is 0 Å². The maximum absolute atomic E-state index is 13.3. The molecule has 2 fully saturated rings. The summed E-state index contributed by atoms with van der Waals surface area (Å²) in [6, 6.07) is 19.4. The van der Waals surface area contributed by atoms with Crippen LogP contribution < -0.4 is 0 Å². The molecule has 2 aromatic rings. The van der Waals surface area contributed by atoms with Gasteiger partial charge in [-0.25, -0.2) is 0 Å². The van der Waals surface area contributed by atoms with Crippen LogP contribution >= 0.6 is 23.5 Å². The highest BCUT2D eigenvalue weighted by atomic mass is 32.2. The molecule has 0 amide bonds. The number of carbonyl (C=O) groups is 2. The molecule has 116 valence electrons. The summed E-state index contributed by atoms with van der Waals surface area (Å²) in [4.78, 5) is 26.4. The van der Waals surface area contributed by atoms with E-state index >= 15 is 0 Å². The molecule has 0 aromatic heterocycles. The van der Waals surface area contributed by atoms with Crippen molar-refractivity contribution in [3.8, 4) is 0 Å². The fourth-order valence-corrected chi connectivity index (χ4v) is 7.76. The molecule has 23 heavy (non-hydrogen) atoms. The van der Waals surface area contributed by atoms with Crippen LogP contribution in [-0.2, 0) is 18.4 Å². The molecule has 0 saturated carbocycles. The van der Waals surface area contributed by atoms with E-state index in [4.69, 9.17) is 0 Å². The van der Waals surface area contributed by atoms with Crippen LogP contribution in [0.15, 0.2) is 60.7 Å². The third kappa shape index (κ3) is 1.68. The summed E-state index contributed by atoms with van der Waals surface area (Å²) in [5.74, 6) is 0.134. The van der Waals surface area contributed by atoms with E-state index in [0.29, 0.717) is 0 Å². The Morgan fingerprint density at radius 1 is 0.783 bits per heavy atom. The standard InChI is InChI=1S/C19H16O2S2/c1-17(2)15(20)19(14-11-7-4-8-12-14)22-16(21)18(17,23-19)13-9-5-3-6-10-13/h3-12H,1-2H3. The quantitative estimate of drug-likeness (QED) is 0.814. The lowest BCUT2D eigenvalue weighted by atomic mass is 9.70. The average molecular weight is 340 g/mol. The van der Waals surface area contributed by atoms with Gasteiger partial charge in [0, 0.05) is 0 Å². The molecule has 2 aliphatic heterocycles. The lowest BCUT2D eigenvalue weighted by Crippen LogP contribution is -2.48. The summed E-state index contributed by atoms with van der Waals surface area (Å²) in [7, 11) is 0. The summed E-state index contributed by atoms with van der Waals surface area (Å²) >= 11 is 2.71. The van der Waals surface area contributed by atoms with Crippen LogP contribution in [0.25, 0.3) is 0 Å². The molecule has 0 radical (unpaired) electrons. The molecule has 4 heteroatoms. The van der Waals surface area contributed by atoms with Crippen molar-refractivity contribution in [3.05, 3.63) is 71.8 Å². The second-order valence-corrected chi connectivity index (χ2v) is 9.35. The molecule has 2 aromatic carbocycles. The van der Waals surface area contributed by atoms with Gasteiger partial charge in [0.15, 0.2) is 9.86 Å². The molecule has 2 nitrogen and oxygen atoms in total. The molecule has 4 rings (SSSR count). The first-order valence-electron chi connectivity index (χ1n) is 7.55. The number of fused-ring (bicyclic) bond motifs is 2. The first-order valence-corrected chi connectivity index (χ1v) is 9.18. The van der Waals surface area contributed by atoms with Crippen LogP contribution in [0.1, 0.15) is 25.0 Å². The highest BCUT2D eigenvalue weighted by Gasteiger charge is 2.77. The molecule has 2 unspecified atom stereocenters. The maximum atomic E-state index is 13.3. The zero-order valence-corrected chi connectivity index (χ0v) is 14.5. The second kappa shape index (κ2) is 4.74. The smallest absolute Gasteiger partial charge is 0.212 e. The van der Waals surface area contributed by atoms with E-state index in [9.17, 15) is 9.59 Å². The first-order chi connectivity index (χ1) is 10.9. The van der Waals surface area contributed by atoms with Crippen LogP contribution in [-0.4, -0.2) is 10.9 Å². The van der Waals surface area contributed by atoms with Gasteiger partial charge in [-0.05, 0) is 11.1 Å². The minimum atomic E-state index is -0.822. The first kappa shape index (κ1) is 15.0. The number of benzene rings is 2. The van der Waals surface area contributed by atoms with Gasteiger partial charge < -0.3 is 0 Å². The van der Waals surface area contributed by atoms with Gasteiger partial charge in [-0.15, -0.1) is 11.8 Å². The van der Waals surface area contributed by atoms with E-state index in [0.717, 1.165) is 11.1 Å². The number of ketones is 1. The van der Waals surface area contributed by atoms with E-state index in [2.05, 4.69) is 0 Å². The van der Waals surface area contributed by atoms with Gasteiger partial charge in [0.1, 0.15) is 4.75 Å². The molecule has 0 N–H and O–H groups in total.